The first kappa shape index (κ1) is 30.1. The molecule has 12 heteroatoms. The van der Waals surface area contributed by atoms with E-state index in [2.05, 4.69) is 45.0 Å². The van der Waals surface area contributed by atoms with Gasteiger partial charge in [-0.05, 0) is 41.9 Å². The number of nitrogens with zero attached hydrogens (tertiary/aromatic N) is 3. The maximum atomic E-state index is 14.3. The van der Waals surface area contributed by atoms with Crippen molar-refractivity contribution in [1.82, 2.24) is 30.8 Å². The zero-order chi connectivity index (χ0) is 30.1. The van der Waals surface area contributed by atoms with Gasteiger partial charge in [-0.2, -0.15) is 0 Å². The number of likely N-dealkylation sites (tertiary alicyclic amines) is 1. The lowest BCUT2D eigenvalue weighted by molar-refractivity contribution is -0.143. The molecule has 8 atom stereocenters. The van der Waals surface area contributed by atoms with Crippen molar-refractivity contribution >= 4 is 29.5 Å². The number of rotatable bonds is 8. The Morgan fingerprint density at radius 2 is 1.83 bits per heavy atom. The van der Waals surface area contributed by atoms with E-state index in [0.717, 1.165) is 0 Å². The van der Waals surface area contributed by atoms with Crippen LogP contribution in [0.2, 0.25) is 0 Å². The topological polar surface area (TPSA) is 176 Å². The Kier molecular flexibility index (Phi) is 8.79. The van der Waals surface area contributed by atoms with Gasteiger partial charge in [0.25, 0.3) is 5.91 Å². The van der Waals surface area contributed by atoms with Crippen molar-refractivity contribution < 1.29 is 24.0 Å². The third-order valence-corrected chi connectivity index (χ3v) is 8.68. The van der Waals surface area contributed by atoms with Crippen LogP contribution < -0.4 is 21.7 Å². The van der Waals surface area contributed by atoms with Gasteiger partial charge >= 0.3 is 0 Å². The fourth-order valence-electron chi connectivity index (χ4n) is 6.36. The molecule has 3 heterocycles. The van der Waals surface area contributed by atoms with Gasteiger partial charge in [0.15, 0.2) is 0 Å². The SMILES string of the molecule is C[C@@H]1C=C[C@H](C)[C@H]2CN(C(=O)[C@@H](NC(=O)c3cnccn3)C(C)(C)C)[C@H](C(=O)N[C@@H](C[C@@H]3CCNC3=O)C(N)=O)[C@H]21. The molecule has 1 aromatic rings. The first-order valence-corrected chi connectivity index (χ1v) is 14.2. The normalized spacial score (nSPS) is 28.8. The summed E-state index contributed by atoms with van der Waals surface area (Å²) in [5.74, 6) is -2.88. The smallest absolute Gasteiger partial charge is 0.272 e. The number of carbonyl (C=O) groups excluding carboxylic acids is 5. The molecule has 3 aliphatic rings. The molecule has 1 aliphatic carbocycles. The summed E-state index contributed by atoms with van der Waals surface area (Å²) in [7, 11) is 0. The van der Waals surface area contributed by atoms with Gasteiger partial charge in [-0.25, -0.2) is 4.98 Å². The zero-order valence-electron chi connectivity index (χ0n) is 24.3. The number of primary amides is 1. The van der Waals surface area contributed by atoms with E-state index in [4.69, 9.17) is 5.73 Å². The number of hydrogen-bond acceptors (Lipinski definition) is 7. The quantitative estimate of drug-likeness (QED) is 0.329. The number of nitrogens with two attached hydrogens (primary N) is 1. The number of aromatic nitrogens is 2. The average molecular weight is 568 g/mol. The second-order valence-electron chi connectivity index (χ2n) is 12.6. The van der Waals surface area contributed by atoms with Gasteiger partial charge < -0.3 is 26.6 Å². The van der Waals surface area contributed by atoms with Crippen LogP contribution in [0, 0.1) is 35.0 Å². The lowest BCUT2D eigenvalue weighted by atomic mass is 9.71. The largest absolute Gasteiger partial charge is 0.368 e. The minimum absolute atomic E-state index is 0.00125. The van der Waals surface area contributed by atoms with Gasteiger partial charge in [-0.1, -0.05) is 46.8 Å². The van der Waals surface area contributed by atoms with E-state index in [1.807, 2.05) is 27.7 Å². The number of carbonyl (C=O) groups is 5. The molecular formula is C29H41N7O5. The van der Waals surface area contributed by atoms with Crippen LogP contribution in [0.25, 0.3) is 0 Å². The second kappa shape index (κ2) is 12.0. The van der Waals surface area contributed by atoms with Gasteiger partial charge in [0.1, 0.15) is 23.8 Å². The number of nitrogens with one attached hydrogen (secondary N) is 3. The van der Waals surface area contributed by atoms with Gasteiger partial charge in [0, 0.05) is 31.4 Å². The monoisotopic (exact) mass is 567 g/mol. The summed E-state index contributed by atoms with van der Waals surface area (Å²) in [4.78, 5) is 75.4. The molecule has 2 aliphatic heterocycles. The second-order valence-corrected chi connectivity index (χ2v) is 12.6. The van der Waals surface area contributed by atoms with E-state index in [1.165, 1.54) is 18.6 Å². The van der Waals surface area contributed by atoms with Crippen molar-refractivity contribution in [3.8, 4) is 0 Å². The summed E-state index contributed by atoms with van der Waals surface area (Å²) >= 11 is 0. The maximum Gasteiger partial charge on any atom is 0.272 e. The molecule has 0 spiro atoms. The molecule has 12 nitrogen and oxygen atoms in total. The predicted molar refractivity (Wildman–Crippen MR) is 150 cm³/mol. The predicted octanol–water partition coefficient (Wildman–Crippen LogP) is 0.403. The molecule has 0 saturated carbocycles. The molecule has 1 aromatic heterocycles. The molecular weight excluding hydrogens is 526 g/mol. The Morgan fingerprint density at radius 1 is 1.12 bits per heavy atom. The number of hydrogen-bond donors (Lipinski definition) is 4. The average Bonchev–Trinajstić information content (AvgIpc) is 3.52. The molecule has 5 amide bonds. The van der Waals surface area contributed by atoms with Crippen LogP contribution in [0.3, 0.4) is 0 Å². The van der Waals surface area contributed by atoms with Crippen LogP contribution >= 0.6 is 0 Å². The minimum atomic E-state index is -1.06. The summed E-state index contributed by atoms with van der Waals surface area (Å²) in [6.45, 7) is 10.4. The number of fused-ring (bicyclic) bond motifs is 1. The molecule has 4 rings (SSSR count). The highest BCUT2D eigenvalue weighted by Gasteiger charge is 2.54. The molecule has 2 fully saturated rings. The number of allylic oxidation sites excluding steroid dienone is 2. The highest BCUT2D eigenvalue weighted by atomic mass is 16.2. The van der Waals surface area contributed by atoms with Gasteiger partial charge in [-0.3, -0.25) is 29.0 Å². The molecule has 41 heavy (non-hydrogen) atoms. The first-order valence-electron chi connectivity index (χ1n) is 14.2. The van der Waals surface area contributed by atoms with Gasteiger partial charge in [0.05, 0.1) is 6.20 Å². The van der Waals surface area contributed by atoms with Crippen LogP contribution in [0.1, 0.15) is 57.9 Å². The summed E-state index contributed by atoms with van der Waals surface area (Å²) < 4.78 is 0. The molecule has 0 bridgehead atoms. The molecule has 0 aromatic carbocycles. The molecule has 0 radical (unpaired) electrons. The first-order chi connectivity index (χ1) is 19.3. The summed E-state index contributed by atoms with van der Waals surface area (Å²) in [5, 5.41) is 8.35. The van der Waals surface area contributed by atoms with Crippen molar-refractivity contribution in [2.45, 2.75) is 65.6 Å². The van der Waals surface area contributed by atoms with E-state index in [-0.39, 0.29) is 41.7 Å². The van der Waals surface area contributed by atoms with Crippen LogP contribution in [-0.2, 0) is 19.2 Å². The Morgan fingerprint density at radius 3 is 2.41 bits per heavy atom. The van der Waals surface area contributed by atoms with Crippen LogP contribution in [-0.4, -0.2) is 75.6 Å². The van der Waals surface area contributed by atoms with E-state index in [9.17, 15) is 24.0 Å². The minimum Gasteiger partial charge on any atom is -0.368 e. The third kappa shape index (κ3) is 6.41. The zero-order valence-corrected chi connectivity index (χ0v) is 24.3. The fourth-order valence-corrected chi connectivity index (χ4v) is 6.36. The Balaban J connectivity index is 1.63. The van der Waals surface area contributed by atoms with Gasteiger partial charge in [-0.15, -0.1) is 0 Å². The molecule has 222 valence electrons. The lowest BCUT2D eigenvalue weighted by Crippen LogP contribution is -2.60. The summed E-state index contributed by atoms with van der Waals surface area (Å²) in [6, 6.07) is -2.93. The van der Waals surface area contributed by atoms with Crippen molar-refractivity contribution in [1.29, 1.82) is 0 Å². The summed E-state index contributed by atoms with van der Waals surface area (Å²) in [6.07, 6.45) is 8.98. The summed E-state index contributed by atoms with van der Waals surface area (Å²) in [5.41, 5.74) is 5.03. The fraction of sp³-hybridized carbons (Fsp3) is 0.621. The van der Waals surface area contributed by atoms with E-state index in [0.29, 0.717) is 19.5 Å². The third-order valence-electron chi connectivity index (χ3n) is 8.68. The highest BCUT2D eigenvalue weighted by Crippen LogP contribution is 2.44. The van der Waals surface area contributed by atoms with Crippen molar-refractivity contribution in [2.75, 3.05) is 13.1 Å². The number of amides is 5. The lowest BCUT2D eigenvalue weighted by Gasteiger charge is -2.37. The van der Waals surface area contributed by atoms with Crippen LogP contribution in [0.5, 0.6) is 0 Å². The maximum absolute atomic E-state index is 14.3. The van der Waals surface area contributed by atoms with Crippen molar-refractivity contribution in [2.24, 2.45) is 40.7 Å². The van der Waals surface area contributed by atoms with Crippen molar-refractivity contribution in [3.63, 3.8) is 0 Å². The van der Waals surface area contributed by atoms with Crippen molar-refractivity contribution in [3.05, 3.63) is 36.4 Å². The Hall–Kier alpha value is -3.83. The standard InChI is InChI=1S/C29H41N7O5/c1-15-6-7-16(2)21-18(15)14-36(22(21)27(40)34-19(24(30)37)12-17-8-9-33-25(17)38)28(41)23(29(3,4)5)35-26(39)20-13-31-10-11-32-20/h6-7,10-11,13,15-19,21-23H,8-9,12,14H2,1-5H3,(H2,30,37)(H,33,38)(H,34,40)(H,35,39)/t15-,16+,17-,18+,19-,21-,22-,23+/m0/s1. The van der Waals surface area contributed by atoms with Gasteiger partial charge in [0.2, 0.25) is 23.6 Å². The molecule has 5 N–H and O–H groups in total. The van der Waals surface area contributed by atoms with E-state index in [1.54, 1.807) is 4.90 Å². The van der Waals surface area contributed by atoms with E-state index < -0.39 is 53.1 Å². The molecule has 2 saturated heterocycles. The molecule has 0 unspecified atom stereocenters. The van der Waals surface area contributed by atoms with Crippen LogP contribution in [0.4, 0.5) is 0 Å². The van der Waals surface area contributed by atoms with E-state index >= 15 is 0 Å². The van der Waals surface area contributed by atoms with Crippen LogP contribution in [0.15, 0.2) is 30.7 Å². The Bertz CT molecular complexity index is 1210. The highest BCUT2D eigenvalue weighted by molar-refractivity contribution is 5.98. The Labute approximate surface area is 240 Å².